The van der Waals surface area contributed by atoms with Gasteiger partial charge in [0, 0.05) is 19.0 Å². The normalized spacial score (nSPS) is 18.3. The van der Waals surface area contributed by atoms with Crippen molar-refractivity contribution < 1.29 is 23.8 Å². The third-order valence-corrected chi connectivity index (χ3v) is 6.51. The van der Waals surface area contributed by atoms with Crippen molar-refractivity contribution in [3.63, 3.8) is 0 Å². The molecular weight excluding hydrogens is 421 g/mol. The Labute approximate surface area is 196 Å². The van der Waals surface area contributed by atoms with Crippen LogP contribution in [0.3, 0.4) is 0 Å². The first-order chi connectivity index (χ1) is 15.9. The van der Waals surface area contributed by atoms with Gasteiger partial charge in [0.15, 0.2) is 0 Å². The van der Waals surface area contributed by atoms with Crippen LogP contribution in [-0.2, 0) is 22.4 Å². The highest BCUT2D eigenvalue weighted by Gasteiger charge is 2.27. The standard InChI is InChI=1S/C27H36FNO4/c1-19-8-9-21(15-27(19)28)14-23-7-4-12-29(23)17-24(31)18-33-20(2)26-11-10-25(32-3)16-22(26)6-5-13-30/h8-11,13,15-16,20,23-24,31H,4-7,12,14,17-18H2,1-3H3/t20-,23+,24-/m1/s1. The number of ether oxygens (including phenoxy) is 2. The minimum absolute atomic E-state index is 0.162. The largest absolute Gasteiger partial charge is 0.497 e. The number of carbonyl (C=O) groups is 1. The first-order valence-electron chi connectivity index (χ1n) is 11.8. The SMILES string of the molecule is COc1ccc([C@@H](C)OC[C@H](O)CN2CCC[C@H]2Cc2ccc(C)c(F)c2)c(CCC=O)c1. The van der Waals surface area contributed by atoms with Gasteiger partial charge >= 0.3 is 0 Å². The van der Waals surface area contributed by atoms with Crippen molar-refractivity contribution in [3.8, 4) is 5.75 Å². The van der Waals surface area contributed by atoms with Crippen molar-refractivity contribution >= 4 is 6.29 Å². The van der Waals surface area contributed by atoms with Gasteiger partial charge in [0.1, 0.15) is 17.9 Å². The van der Waals surface area contributed by atoms with Crippen molar-refractivity contribution in [2.45, 2.75) is 64.2 Å². The molecule has 0 amide bonds. The van der Waals surface area contributed by atoms with Gasteiger partial charge in [-0.25, -0.2) is 4.39 Å². The number of β-amino-alcohol motifs (C(OH)–C–C–N with tert-alkyl or cyclic N) is 1. The fourth-order valence-electron chi connectivity index (χ4n) is 4.61. The molecule has 0 aliphatic carbocycles. The lowest BCUT2D eigenvalue weighted by Gasteiger charge is -2.28. The van der Waals surface area contributed by atoms with Gasteiger partial charge in [0.25, 0.3) is 0 Å². The molecule has 0 spiro atoms. The number of aldehydes is 1. The Hall–Kier alpha value is -2.28. The Balaban J connectivity index is 1.54. The van der Waals surface area contributed by atoms with E-state index in [2.05, 4.69) is 4.90 Å². The van der Waals surface area contributed by atoms with Crippen molar-refractivity contribution in [2.24, 2.45) is 0 Å². The van der Waals surface area contributed by atoms with E-state index in [4.69, 9.17) is 9.47 Å². The monoisotopic (exact) mass is 457 g/mol. The summed E-state index contributed by atoms with van der Waals surface area (Å²) in [5, 5.41) is 10.7. The lowest BCUT2D eigenvalue weighted by Crippen LogP contribution is -2.39. The number of nitrogens with zero attached hydrogens (tertiary/aromatic N) is 1. The Bertz CT molecular complexity index is 919. The van der Waals surface area contributed by atoms with Gasteiger partial charge in [0.05, 0.1) is 25.9 Å². The molecule has 0 unspecified atom stereocenters. The van der Waals surface area contributed by atoms with Crippen LogP contribution in [-0.4, -0.2) is 55.2 Å². The number of halogens is 1. The molecule has 1 N–H and O–H groups in total. The van der Waals surface area contributed by atoms with Crippen LogP contribution in [0.1, 0.15) is 54.5 Å². The number of benzene rings is 2. The molecule has 0 radical (unpaired) electrons. The number of likely N-dealkylation sites (tertiary alicyclic amines) is 1. The van der Waals surface area contributed by atoms with Crippen LogP contribution >= 0.6 is 0 Å². The number of aliphatic hydroxyl groups is 1. The highest BCUT2D eigenvalue weighted by Crippen LogP contribution is 2.27. The number of rotatable bonds is 12. The van der Waals surface area contributed by atoms with Crippen LogP contribution in [0.5, 0.6) is 5.75 Å². The van der Waals surface area contributed by atoms with Crippen molar-refractivity contribution in [1.29, 1.82) is 0 Å². The molecule has 1 aliphatic rings. The van der Waals surface area contributed by atoms with E-state index in [1.165, 1.54) is 0 Å². The average Bonchev–Trinajstić information content (AvgIpc) is 3.24. The van der Waals surface area contributed by atoms with Crippen LogP contribution in [0, 0.1) is 12.7 Å². The molecule has 3 atom stereocenters. The van der Waals surface area contributed by atoms with Crippen LogP contribution in [0.25, 0.3) is 0 Å². The summed E-state index contributed by atoms with van der Waals surface area (Å²) in [4.78, 5) is 13.1. The second-order valence-electron chi connectivity index (χ2n) is 8.98. The van der Waals surface area contributed by atoms with E-state index in [-0.39, 0.29) is 18.5 Å². The zero-order valence-corrected chi connectivity index (χ0v) is 19.9. The van der Waals surface area contributed by atoms with Gasteiger partial charge in [-0.05, 0) is 86.5 Å². The maximum atomic E-state index is 13.9. The van der Waals surface area contributed by atoms with Crippen LogP contribution in [0.4, 0.5) is 4.39 Å². The minimum Gasteiger partial charge on any atom is -0.497 e. The Kier molecular flexibility index (Phi) is 9.41. The van der Waals surface area contributed by atoms with Crippen LogP contribution < -0.4 is 4.74 Å². The second-order valence-corrected chi connectivity index (χ2v) is 8.98. The smallest absolute Gasteiger partial charge is 0.126 e. The van der Waals surface area contributed by atoms with E-state index in [1.807, 2.05) is 37.3 Å². The molecule has 2 aromatic carbocycles. The van der Waals surface area contributed by atoms with Gasteiger partial charge in [-0.15, -0.1) is 0 Å². The molecule has 180 valence electrons. The van der Waals surface area contributed by atoms with Gasteiger partial charge in [-0.2, -0.15) is 0 Å². The minimum atomic E-state index is -0.612. The molecule has 1 heterocycles. The molecule has 1 fully saturated rings. The van der Waals surface area contributed by atoms with E-state index in [0.29, 0.717) is 31.0 Å². The van der Waals surface area contributed by atoms with Gasteiger partial charge in [-0.1, -0.05) is 18.2 Å². The molecule has 3 rings (SSSR count). The topological polar surface area (TPSA) is 59.0 Å². The Morgan fingerprint density at radius 1 is 1.27 bits per heavy atom. The van der Waals surface area contributed by atoms with E-state index in [1.54, 1.807) is 20.1 Å². The summed E-state index contributed by atoms with van der Waals surface area (Å²) in [6, 6.07) is 11.5. The number of methoxy groups -OCH3 is 1. The maximum Gasteiger partial charge on any atom is 0.126 e. The van der Waals surface area contributed by atoms with Crippen molar-refractivity contribution in [2.75, 3.05) is 26.8 Å². The molecule has 0 saturated carbocycles. The number of aliphatic hydroxyl groups excluding tert-OH is 1. The molecule has 5 nitrogen and oxygen atoms in total. The molecule has 33 heavy (non-hydrogen) atoms. The maximum absolute atomic E-state index is 13.9. The third-order valence-electron chi connectivity index (χ3n) is 6.51. The highest BCUT2D eigenvalue weighted by molar-refractivity contribution is 5.51. The predicted octanol–water partition coefficient (Wildman–Crippen LogP) is 4.42. The number of hydrogen-bond donors (Lipinski definition) is 1. The molecule has 0 aromatic heterocycles. The van der Waals surface area contributed by atoms with E-state index < -0.39 is 6.10 Å². The summed E-state index contributed by atoms with van der Waals surface area (Å²) in [5.41, 5.74) is 3.69. The highest BCUT2D eigenvalue weighted by atomic mass is 19.1. The molecule has 1 aliphatic heterocycles. The quantitative estimate of drug-likeness (QED) is 0.478. The molecule has 6 heteroatoms. The predicted molar refractivity (Wildman–Crippen MR) is 127 cm³/mol. The third kappa shape index (κ3) is 7.10. The zero-order chi connectivity index (χ0) is 23.8. The van der Waals surface area contributed by atoms with E-state index in [9.17, 15) is 14.3 Å². The van der Waals surface area contributed by atoms with Crippen molar-refractivity contribution in [1.82, 2.24) is 4.90 Å². The lowest BCUT2D eigenvalue weighted by molar-refractivity contribution is -0.107. The van der Waals surface area contributed by atoms with Gasteiger partial charge in [-0.3, -0.25) is 4.90 Å². The van der Waals surface area contributed by atoms with Crippen molar-refractivity contribution in [3.05, 3.63) is 64.5 Å². The lowest BCUT2D eigenvalue weighted by atomic mass is 9.99. The summed E-state index contributed by atoms with van der Waals surface area (Å²) in [5.74, 6) is 0.589. The number of carbonyl (C=O) groups excluding carboxylic acids is 1. The fraction of sp³-hybridized carbons (Fsp3) is 0.519. The molecule has 1 saturated heterocycles. The Morgan fingerprint density at radius 3 is 2.82 bits per heavy atom. The summed E-state index contributed by atoms with van der Waals surface area (Å²) in [6.45, 7) is 5.42. The summed E-state index contributed by atoms with van der Waals surface area (Å²) >= 11 is 0. The zero-order valence-electron chi connectivity index (χ0n) is 19.9. The summed E-state index contributed by atoms with van der Waals surface area (Å²) in [7, 11) is 1.62. The van der Waals surface area contributed by atoms with Gasteiger partial charge < -0.3 is 19.4 Å². The number of hydrogen-bond acceptors (Lipinski definition) is 5. The first-order valence-corrected chi connectivity index (χ1v) is 11.8. The number of aryl methyl sites for hydroxylation is 2. The van der Waals surface area contributed by atoms with Crippen LogP contribution in [0.15, 0.2) is 36.4 Å². The first kappa shape index (κ1) is 25.3. The fourth-order valence-corrected chi connectivity index (χ4v) is 4.61. The molecule has 2 aromatic rings. The van der Waals surface area contributed by atoms with Crippen LogP contribution in [0.2, 0.25) is 0 Å². The van der Waals surface area contributed by atoms with E-state index in [0.717, 1.165) is 54.5 Å². The average molecular weight is 458 g/mol. The Morgan fingerprint density at radius 2 is 2.09 bits per heavy atom. The summed E-state index contributed by atoms with van der Waals surface area (Å²) in [6.07, 6.45) is 4.07. The van der Waals surface area contributed by atoms with Gasteiger partial charge in [0.2, 0.25) is 0 Å². The summed E-state index contributed by atoms with van der Waals surface area (Å²) < 4.78 is 25.3. The molecular formula is C27H36FNO4. The molecule has 0 bridgehead atoms. The van der Waals surface area contributed by atoms with E-state index >= 15 is 0 Å². The second kappa shape index (κ2) is 12.3.